The van der Waals surface area contributed by atoms with Gasteiger partial charge in [-0.25, -0.2) is 4.79 Å². The van der Waals surface area contributed by atoms with E-state index in [1.165, 1.54) is 24.2 Å². The van der Waals surface area contributed by atoms with Crippen molar-refractivity contribution in [1.82, 2.24) is 5.32 Å². The van der Waals surface area contributed by atoms with Crippen molar-refractivity contribution in [1.29, 1.82) is 0 Å². The molecule has 1 amide bonds. The second kappa shape index (κ2) is 13.4. The Morgan fingerprint density at radius 3 is 2.38 bits per heavy atom. The van der Waals surface area contributed by atoms with E-state index in [2.05, 4.69) is 5.32 Å². The van der Waals surface area contributed by atoms with Gasteiger partial charge in [0.15, 0.2) is 0 Å². The summed E-state index contributed by atoms with van der Waals surface area (Å²) in [6, 6.07) is 0. The van der Waals surface area contributed by atoms with Gasteiger partial charge in [-0.05, 0) is 46.3 Å². The Balaban J connectivity index is 3.35. The van der Waals surface area contributed by atoms with E-state index in [0.29, 0.717) is 13.2 Å². The maximum atomic E-state index is 11.9. The van der Waals surface area contributed by atoms with E-state index < -0.39 is 12.2 Å². The van der Waals surface area contributed by atoms with E-state index in [9.17, 15) is 9.36 Å². The number of nitrogens with one attached hydrogen (secondary N) is 1. The van der Waals surface area contributed by atoms with Crippen LogP contribution >= 0.6 is 29.7 Å². The van der Waals surface area contributed by atoms with Crippen LogP contribution in [-0.4, -0.2) is 48.8 Å². The van der Waals surface area contributed by atoms with Crippen molar-refractivity contribution in [3.8, 4) is 0 Å². The quantitative estimate of drug-likeness (QED) is 0.330. The van der Waals surface area contributed by atoms with Crippen molar-refractivity contribution in [2.24, 2.45) is 0 Å². The summed E-state index contributed by atoms with van der Waals surface area (Å²) in [5.41, 5.74) is -0.437. The highest BCUT2D eigenvalue weighted by Gasteiger charge is 2.15. The second-order valence-electron chi connectivity index (χ2n) is 6.48. The molecule has 0 aliphatic rings. The molecule has 1 atom stereocenters. The Bertz CT molecular complexity index is 389. The standard InChI is InChI=1S/C16H34NO4PS2/c1-6-20-22(5,19)24-14-13-23-12-10-8-7-9-11-17-15(18)21-16(2,3)4/h6-14H2,1-5H3,(H,17,18). The second-order valence-corrected chi connectivity index (χ2v) is 12.9. The van der Waals surface area contributed by atoms with Gasteiger partial charge < -0.3 is 14.6 Å². The first-order chi connectivity index (χ1) is 11.2. The third kappa shape index (κ3) is 17.0. The molecule has 0 bridgehead atoms. The van der Waals surface area contributed by atoms with Crippen LogP contribution in [0, 0.1) is 0 Å². The smallest absolute Gasteiger partial charge is 0.407 e. The van der Waals surface area contributed by atoms with Crippen molar-refractivity contribution in [2.45, 2.75) is 59.0 Å². The molecule has 0 aromatic carbocycles. The first kappa shape index (κ1) is 24.2. The highest BCUT2D eigenvalue weighted by molar-refractivity contribution is 8.56. The Kier molecular flexibility index (Phi) is 13.5. The molecule has 1 unspecified atom stereocenters. The van der Waals surface area contributed by atoms with Crippen LogP contribution in [0.2, 0.25) is 0 Å². The minimum Gasteiger partial charge on any atom is -0.444 e. The van der Waals surface area contributed by atoms with Crippen LogP contribution in [0.1, 0.15) is 53.4 Å². The van der Waals surface area contributed by atoms with Crippen molar-refractivity contribution >= 4 is 35.8 Å². The molecule has 0 saturated heterocycles. The van der Waals surface area contributed by atoms with Gasteiger partial charge in [0, 0.05) is 24.7 Å². The van der Waals surface area contributed by atoms with Crippen LogP contribution in [0.15, 0.2) is 0 Å². The fourth-order valence-corrected chi connectivity index (χ4v) is 6.29. The number of unbranched alkanes of at least 4 members (excludes halogenated alkanes) is 3. The molecule has 0 aliphatic heterocycles. The molecule has 1 N–H and O–H groups in total. The predicted molar refractivity (Wildman–Crippen MR) is 108 cm³/mol. The Labute approximate surface area is 156 Å². The SMILES string of the molecule is CCOP(C)(=O)SCCSCCCCCCNC(=O)OC(C)(C)C. The normalized spacial score (nSPS) is 14.2. The van der Waals surface area contributed by atoms with Gasteiger partial charge in [-0.3, -0.25) is 4.57 Å². The number of ether oxygens (including phenoxy) is 1. The molecular formula is C16H34NO4PS2. The van der Waals surface area contributed by atoms with Crippen LogP contribution in [0.25, 0.3) is 0 Å². The average molecular weight is 400 g/mol. The lowest BCUT2D eigenvalue weighted by Crippen LogP contribution is -2.32. The summed E-state index contributed by atoms with van der Waals surface area (Å²) in [5.74, 6) is 3.01. The molecule has 0 radical (unpaired) electrons. The number of hydrogen-bond donors (Lipinski definition) is 1. The molecule has 0 rings (SSSR count). The topological polar surface area (TPSA) is 64.6 Å². The van der Waals surface area contributed by atoms with Crippen molar-refractivity contribution in [3.63, 3.8) is 0 Å². The highest BCUT2D eigenvalue weighted by Crippen LogP contribution is 2.56. The largest absolute Gasteiger partial charge is 0.444 e. The van der Waals surface area contributed by atoms with Gasteiger partial charge in [0.05, 0.1) is 6.61 Å². The molecule has 0 aromatic heterocycles. The summed E-state index contributed by atoms with van der Waals surface area (Å²) in [7, 11) is 0. The highest BCUT2D eigenvalue weighted by atomic mass is 32.7. The van der Waals surface area contributed by atoms with Crippen LogP contribution in [0.3, 0.4) is 0 Å². The van der Waals surface area contributed by atoms with Gasteiger partial charge in [0.1, 0.15) is 5.60 Å². The third-order valence-corrected chi connectivity index (χ3v) is 7.98. The summed E-state index contributed by atoms with van der Waals surface area (Å²) in [6.45, 7) is 7.89. The van der Waals surface area contributed by atoms with Crippen molar-refractivity contribution < 1.29 is 18.6 Å². The summed E-state index contributed by atoms with van der Waals surface area (Å²) in [5, 5.41) is 2.77. The van der Waals surface area contributed by atoms with E-state index in [0.717, 1.165) is 30.1 Å². The molecule has 8 heteroatoms. The van der Waals surface area contributed by atoms with Crippen LogP contribution in [0.5, 0.6) is 0 Å². The first-order valence-corrected chi connectivity index (χ1v) is 13.4. The maximum Gasteiger partial charge on any atom is 0.407 e. The minimum absolute atomic E-state index is 0.337. The summed E-state index contributed by atoms with van der Waals surface area (Å²) in [4.78, 5) is 11.4. The van der Waals surface area contributed by atoms with Gasteiger partial charge in [-0.15, -0.1) is 0 Å². The monoisotopic (exact) mass is 399 g/mol. The number of rotatable bonds is 13. The number of hydrogen-bond acceptors (Lipinski definition) is 6. The molecule has 0 saturated carbocycles. The summed E-state index contributed by atoms with van der Waals surface area (Å²) < 4.78 is 22.3. The molecule has 5 nitrogen and oxygen atoms in total. The van der Waals surface area contributed by atoms with Gasteiger partial charge in [-0.2, -0.15) is 11.8 Å². The van der Waals surface area contributed by atoms with E-state index in [1.807, 2.05) is 39.5 Å². The summed E-state index contributed by atoms with van der Waals surface area (Å²) in [6.07, 6.45) is 4.10. The maximum absolute atomic E-state index is 11.9. The number of amides is 1. The van der Waals surface area contributed by atoms with Crippen LogP contribution in [0.4, 0.5) is 4.79 Å². The molecule has 24 heavy (non-hydrogen) atoms. The number of carbonyl (C=O) groups is 1. The van der Waals surface area contributed by atoms with Crippen LogP contribution < -0.4 is 5.32 Å². The number of thioether (sulfide) groups is 1. The first-order valence-electron chi connectivity index (χ1n) is 8.57. The van der Waals surface area contributed by atoms with Crippen LogP contribution in [-0.2, 0) is 13.8 Å². The molecule has 0 aliphatic carbocycles. The minimum atomic E-state index is -2.43. The fourth-order valence-electron chi connectivity index (χ4n) is 1.82. The average Bonchev–Trinajstić information content (AvgIpc) is 2.42. The number of alkyl carbamates (subject to hydrolysis) is 1. The molecular weight excluding hydrogens is 365 g/mol. The predicted octanol–water partition coefficient (Wildman–Crippen LogP) is 5.40. The van der Waals surface area contributed by atoms with Gasteiger partial charge in [-0.1, -0.05) is 24.2 Å². The third-order valence-electron chi connectivity index (χ3n) is 2.80. The Morgan fingerprint density at radius 1 is 1.08 bits per heavy atom. The Morgan fingerprint density at radius 2 is 1.75 bits per heavy atom. The zero-order chi connectivity index (χ0) is 18.5. The van der Waals surface area contributed by atoms with E-state index >= 15 is 0 Å². The lowest BCUT2D eigenvalue weighted by molar-refractivity contribution is 0.0527. The van der Waals surface area contributed by atoms with Gasteiger partial charge in [0.25, 0.3) is 6.57 Å². The molecule has 0 spiro atoms. The van der Waals surface area contributed by atoms with E-state index in [-0.39, 0.29) is 6.09 Å². The molecule has 0 aromatic rings. The van der Waals surface area contributed by atoms with Crippen molar-refractivity contribution in [3.05, 3.63) is 0 Å². The van der Waals surface area contributed by atoms with E-state index in [1.54, 1.807) is 6.66 Å². The summed E-state index contributed by atoms with van der Waals surface area (Å²) >= 11 is 3.34. The van der Waals surface area contributed by atoms with Gasteiger partial charge >= 0.3 is 6.09 Å². The molecule has 144 valence electrons. The zero-order valence-corrected chi connectivity index (χ0v) is 18.3. The lowest BCUT2D eigenvalue weighted by atomic mass is 10.2. The fraction of sp³-hybridized carbons (Fsp3) is 0.938. The zero-order valence-electron chi connectivity index (χ0n) is 15.8. The van der Waals surface area contributed by atoms with Gasteiger partial charge in [0.2, 0.25) is 0 Å². The Hall–Kier alpha value is 0.160. The molecule has 0 heterocycles. The van der Waals surface area contributed by atoms with Crippen molar-refractivity contribution in [2.75, 3.05) is 37.1 Å². The van der Waals surface area contributed by atoms with E-state index in [4.69, 9.17) is 9.26 Å². The number of carbonyl (C=O) groups excluding carboxylic acids is 1. The lowest BCUT2D eigenvalue weighted by Gasteiger charge is -2.19. The molecule has 0 fully saturated rings.